The van der Waals surface area contributed by atoms with Crippen LogP contribution in [-0.2, 0) is 0 Å². The second kappa shape index (κ2) is 10.5. The van der Waals surface area contributed by atoms with E-state index in [4.69, 9.17) is 11.6 Å². The molecule has 0 atom stereocenters. The Kier molecular flexibility index (Phi) is 8.04. The maximum absolute atomic E-state index is 12.0. The summed E-state index contributed by atoms with van der Waals surface area (Å²) in [6.07, 6.45) is 5.82. The number of halogens is 1. The number of amides is 1. The van der Waals surface area contributed by atoms with E-state index >= 15 is 0 Å². The summed E-state index contributed by atoms with van der Waals surface area (Å²) in [6.45, 7) is 7.32. The summed E-state index contributed by atoms with van der Waals surface area (Å²) in [6, 6.07) is 12.1. The van der Waals surface area contributed by atoms with Crippen LogP contribution in [0.15, 0.2) is 53.6 Å². The monoisotopic (exact) mass is 385 g/mol. The zero-order valence-corrected chi connectivity index (χ0v) is 16.3. The second-order valence-corrected chi connectivity index (χ2v) is 6.33. The Labute approximate surface area is 165 Å². The number of nitrogens with zero attached hydrogens (tertiary/aromatic N) is 2. The van der Waals surface area contributed by atoms with Gasteiger partial charge in [-0.3, -0.25) is 4.79 Å². The van der Waals surface area contributed by atoms with Crippen molar-refractivity contribution in [1.29, 1.82) is 0 Å². The minimum Gasteiger partial charge on any atom is -0.506 e. The SMILES string of the molecule is CCN(CC)C/C=C/c1ccc(/C=N/NC(=O)c2ccc(O)c(Cl)c2)cc1. The quantitative estimate of drug-likeness (QED) is 0.529. The molecule has 0 aliphatic rings. The Morgan fingerprint density at radius 3 is 2.44 bits per heavy atom. The van der Waals surface area contributed by atoms with Crippen molar-refractivity contribution in [2.75, 3.05) is 19.6 Å². The van der Waals surface area contributed by atoms with Crippen LogP contribution < -0.4 is 5.43 Å². The molecule has 2 N–H and O–H groups in total. The first-order chi connectivity index (χ1) is 13.0. The normalized spacial score (nSPS) is 11.6. The number of likely N-dealkylation sites (N-methyl/N-ethyl adjacent to an activating group) is 1. The van der Waals surface area contributed by atoms with E-state index in [1.165, 1.54) is 18.2 Å². The molecule has 0 radical (unpaired) electrons. The topological polar surface area (TPSA) is 64.9 Å². The van der Waals surface area contributed by atoms with Crippen LogP contribution in [0.3, 0.4) is 0 Å². The van der Waals surface area contributed by atoms with Crippen molar-refractivity contribution in [2.24, 2.45) is 5.10 Å². The summed E-state index contributed by atoms with van der Waals surface area (Å²) in [7, 11) is 0. The van der Waals surface area contributed by atoms with Crippen LogP contribution in [0.25, 0.3) is 6.08 Å². The minimum atomic E-state index is -0.399. The highest BCUT2D eigenvalue weighted by atomic mass is 35.5. The van der Waals surface area contributed by atoms with Crippen molar-refractivity contribution in [3.63, 3.8) is 0 Å². The lowest BCUT2D eigenvalue weighted by Gasteiger charge is -2.14. The molecule has 27 heavy (non-hydrogen) atoms. The molecule has 0 bridgehead atoms. The smallest absolute Gasteiger partial charge is 0.271 e. The highest BCUT2D eigenvalue weighted by molar-refractivity contribution is 6.32. The minimum absolute atomic E-state index is 0.0667. The fourth-order valence-corrected chi connectivity index (χ4v) is 2.57. The number of hydrogen-bond donors (Lipinski definition) is 2. The standard InChI is InChI=1S/C21H24ClN3O2/c1-3-25(4-2)13-5-6-16-7-9-17(10-8-16)15-23-24-21(27)18-11-12-20(26)19(22)14-18/h5-12,14-15,26H,3-4,13H2,1-2H3,(H,24,27)/b6-5+,23-15+. The van der Waals surface area contributed by atoms with Crippen LogP contribution in [0, 0.1) is 0 Å². The first-order valence-corrected chi connectivity index (χ1v) is 9.22. The van der Waals surface area contributed by atoms with E-state index in [0.717, 1.165) is 30.8 Å². The van der Waals surface area contributed by atoms with Gasteiger partial charge in [0, 0.05) is 12.1 Å². The van der Waals surface area contributed by atoms with Gasteiger partial charge in [-0.1, -0.05) is 61.9 Å². The predicted molar refractivity (Wildman–Crippen MR) is 111 cm³/mol. The number of carbonyl (C=O) groups excluding carboxylic acids is 1. The summed E-state index contributed by atoms with van der Waals surface area (Å²) in [5.41, 5.74) is 4.75. The third kappa shape index (κ3) is 6.55. The van der Waals surface area contributed by atoms with E-state index in [1.54, 1.807) is 6.21 Å². The van der Waals surface area contributed by atoms with Crippen molar-refractivity contribution in [3.05, 3.63) is 70.3 Å². The highest BCUT2D eigenvalue weighted by Gasteiger charge is 2.07. The van der Waals surface area contributed by atoms with Crippen molar-refractivity contribution < 1.29 is 9.90 Å². The van der Waals surface area contributed by atoms with Gasteiger partial charge in [-0.15, -0.1) is 0 Å². The van der Waals surface area contributed by atoms with Crippen LogP contribution in [-0.4, -0.2) is 41.8 Å². The third-order valence-corrected chi connectivity index (χ3v) is 4.40. The summed E-state index contributed by atoms with van der Waals surface area (Å²) < 4.78 is 0. The average Bonchev–Trinajstić information content (AvgIpc) is 2.68. The molecule has 0 saturated carbocycles. The summed E-state index contributed by atoms with van der Waals surface area (Å²) in [5.74, 6) is -0.466. The molecule has 0 fully saturated rings. The Bertz CT molecular complexity index is 813. The van der Waals surface area contributed by atoms with Crippen LogP contribution in [0.4, 0.5) is 0 Å². The average molecular weight is 386 g/mol. The molecule has 1 amide bonds. The van der Waals surface area contributed by atoms with Gasteiger partial charge in [0.2, 0.25) is 0 Å². The number of hydrazone groups is 1. The van der Waals surface area contributed by atoms with Gasteiger partial charge >= 0.3 is 0 Å². The number of benzene rings is 2. The van der Waals surface area contributed by atoms with Crippen LogP contribution >= 0.6 is 11.6 Å². The van der Waals surface area contributed by atoms with E-state index in [0.29, 0.717) is 5.56 Å². The molecule has 5 nitrogen and oxygen atoms in total. The first kappa shape index (κ1) is 20.7. The lowest BCUT2D eigenvalue weighted by molar-refractivity contribution is 0.0955. The molecule has 2 rings (SSSR count). The zero-order valence-electron chi connectivity index (χ0n) is 15.5. The number of phenolic OH excluding ortho intramolecular Hbond substituents is 1. The maximum Gasteiger partial charge on any atom is 0.271 e. The van der Waals surface area contributed by atoms with Crippen molar-refractivity contribution >= 4 is 29.8 Å². The highest BCUT2D eigenvalue weighted by Crippen LogP contribution is 2.23. The molecular weight excluding hydrogens is 362 g/mol. The second-order valence-electron chi connectivity index (χ2n) is 5.92. The van der Waals surface area contributed by atoms with E-state index in [-0.39, 0.29) is 10.8 Å². The molecule has 0 heterocycles. The van der Waals surface area contributed by atoms with Gasteiger partial charge < -0.3 is 10.0 Å². The number of rotatable bonds is 8. The molecule has 0 aliphatic heterocycles. The molecule has 0 aliphatic carbocycles. The number of nitrogens with one attached hydrogen (secondary N) is 1. The van der Waals surface area contributed by atoms with Crippen molar-refractivity contribution in [2.45, 2.75) is 13.8 Å². The fourth-order valence-electron chi connectivity index (χ4n) is 2.39. The van der Waals surface area contributed by atoms with Crippen molar-refractivity contribution in [3.8, 4) is 5.75 Å². The third-order valence-electron chi connectivity index (χ3n) is 4.09. The van der Waals surface area contributed by atoms with Crippen molar-refractivity contribution in [1.82, 2.24) is 10.3 Å². The van der Waals surface area contributed by atoms with Crippen LogP contribution in [0.2, 0.25) is 5.02 Å². The molecule has 0 spiro atoms. The van der Waals surface area contributed by atoms with E-state index < -0.39 is 5.91 Å². The van der Waals surface area contributed by atoms with E-state index in [2.05, 4.69) is 41.4 Å². The molecule has 2 aromatic rings. The van der Waals surface area contributed by atoms with Gasteiger partial charge in [0.25, 0.3) is 5.91 Å². The van der Waals surface area contributed by atoms with Gasteiger partial charge in [-0.05, 0) is 42.4 Å². The van der Waals surface area contributed by atoms with Gasteiger partial charge in [0.05, 0.1) is 11.2 Å². The Morgan fingerprint density at radius 2 is 1.81 bits per heavy atom. The number of hydrogen-bond acceptors (Lipinski definition) is 4. The first-order valence-electron chi connectivity index (χ1n) is 8.84. The summed E-state index contributed by atoms with van der Waals surface area (Å²) >= 11 is 5.80. The zero-order chi connectivity index (χ0) is 19.6. The van der Waals surface area contributed by atoms with Gasteiger partial charge in [0.15, 0.2) is 0 Å². The predicted octanol–water partition coefficient (Wildman–Crippen LogP) is 4.16. The molecule has 0 aromatic heterocycles. The van der Waals surface area contributed by atoms with Gasteiger partial charge in [-0.2, -0.15) is 5.10 Å². The molecular formula is C21H24ClN3O2. The Balaban J connectivity index is 1.89. The largest absolute Gasteiger partial charge is 0.506 e. The maximum atomic E-state index is 12.0. The molecule has 0 unspecified atom stereocenters. The lowest BCUT2D eigenvalue weighted by Crippen LogP contribution is -2.22. The lowest BCUT2D eigenvalue weighted by atomic mass is 10.1. The number of carbonyl (C=O) groups is 1. The van der Waals surface area contributed by atoms with Gasteiger partial charge in [0.1, 0.15) is 5.75 Å². The van der Waals surface area contributed by atoms with E-state index in [1.807, 2.05) is 24.3 Å². The van der Waals surface area contributed by atoms with E-state index in [9.17, 15) is 9.90 Å². The Hall–Kier alpha value is -2.63. The Morgan fingerprint density at radius 1 is 1.15 bits per heavy atom. The summed E-state index contributed by atoms with van der Waals surface area (Å²) in [5, 5.41) is 13.5. The van der Waals surface area contributed by atoms with Crippen LogP contribution in [0.1, 0.15) is 35.3 Å². The number of aromatic hydroxyl groups is 1. The number of phenols is 1. The fraction of sp³-hybridized carbons (Fsp3) is 0.238. The molecule has 142 valence electrons. The van der Waals surface area contributed by atoms with Crippen LogP contribution in [0.5, 0.6) is 5.75 Å². The van der Waals surface area contributed by atoms with Gasteiger partial charge in [-0.25, -0.2) is 5.43 Å². The summed E-state index contributed by atoms with van der Waals surface area (Å²) in [4.78, 5) is 14.3. The molecule has 0 saturated heterocycles. The molecule has 2 aromatic carbocycles. The molecule has 6 heteroatoms.